The van der Waals surface area contributed by atoms with Gasteiger partial charge in [0.15, 0.2) is 0 Å². The summed E-state index contributed by atoms with van der Waals surface area (Å²) >= 11 is 0. The maximum Gasteiger partial charge on any atom is 0.0831 e. The summed E-state index contributed by atoms with van der Waals surface area (Å²) in [5.41, 5.74) is 4.24. The normalized spacial score (nSPS) is 11.4. The Kier molecular flexibility index (Phi) is 3.17. The minimum absolute atomic E-state index is 0.0455. The van der Waals surface area contributed by atoms with E-state index < -0.39 is 0 Å². The van der Waals surface area contributed by atoms with Gasteiger partial charge < -0.3 is 10.1 Å². The zero-order valence-corrected chi connectivity index (χ0v) is 10.5. The first kappa shape index (κ1) is 11.8. The van der Waals surface area contributed by atoms with Gasteiger partial charge in [0.1, 0.15) is 0 Å². The summed E-state index contributed by atoms with van der Waals surface area (Å²) in [6.45, 7) is 0.0455. The highest BCUT2D eigenvalue weighted by Crippen LogP contribution is 2.18. The molecule has 2 N–H and O–H groups in total. The first-order valence-electron chi connectivity index (χ1n) is 6.31. The SMILES string of the molecule is OCc1cc2cc(/C=C/c3ccccc3)ccc2[nH]1. The molecule has 0 fully saturated rings. The lowest BCUT2D eigenvalue weighted by atomic mass is 10.1. The van der Waals surface area contributed by atoms with Crippen LogP contribution in [-0.4, -0.2) is 10.1 Å². The highest BCUT2D eigenvalue weighted by molar-refractivity contribution is 5.84. The van der Waals surface area contributed by atoms with Crippen LogP contribution >= 0.6 is 0 Å². The van der Waals surface area contributed by atoms with Crippen LogP contribution in [0.2, 0.25) is 0 Å². The van der Waals surface area contributed by atoms with Gasteiger partial charge in [0.05, 0.1) is 6.61 Å². The minimum Gasteiger partial charge on any atom is -0.390 e. The monoisotopic (exact) mass is 249 g/mol. The zero-order valence-electron chi connectivity index (χ0n) is 10.5. The number of hydrogen-bond acceptors (Lipinski definition) is 1. The Morgan fingerprint density at radius 1 is 0.895 bits per heavy atom. The average molecular weight is 249 g/mol. The summed E-state index contributed by atoms with van der Waals surface area (Å²) in [6, 6.07) is 18.4. The maximum atomic E-state index is 9.11. The molecular weight excluding hydrogens is 234 g/mol. The number of aromatic nitrogens is 1. The summed E-state index contributed by atoms with van der Waals surface area (Å²) in [7, 11) is 0. The van der Waals surface area contributed by atoms with Crippen LogP contribution in [0.15, 0.2) is 54.6 Å². The highest BCUT2D eigenvalue weighted by atomic mass is 16.3. The van der Waals surface area contributed by atoms with Gasteiger partial charge in [-0.15, -0.1) is 0 Å². The molecule has 2 nitrogen and oxygen atoms in total. The van der Waals surface area contributed by atoms with E-state index >= 15 is 0 Å². The molecule has 1 aromatic heterocycles. The highest BCUT2D eigenvalue weighted by Gasteiger charge is 1.99. The molecule has 0 saturated heterocycles. The molecule has 19 heavy (non-hydrogen) atoms. The summed E-state index contributed by atoms with van der Waals surface area (Å²) < 4.78 is 0. The topological polar surface area (TPSA) is 36.0 Å². The van der Waals surface area contributed by atoms with E-state index in [4.69, 9.17) is 5.11 Å². The molecule has 0 radical (unpaired) electrons. The number of hydrogen-bond donors (Lipinski definition) is 2. The van der Waals surface area contributed by atoms with Crippen molar-refractivity contribution < 1.29 is 5.11 Å². The van der Waals surface area contributed by atoms with Crippen molar-refractivity contribution in [3.05, 3.63) is 71.4 Å². The van der Waals surface area contributed by atoms with E-state index in [2.05, 4.69) is 41.4 Å². The molecule has 0 saturated carbocycles. The fraction of sp³-hybridized carbons (Fsp3) is 0.0588. The van der Waals surface area contributed by atoms with Crippen molar-refractivity contribution in [3.8, 4) is 0 Å². The van der Waals surface area contributed by atoms with Crippen molar-refractivity contribution in [2.45, 2.75) is 6.61 Å². The molecule has 0 aliphatic rings. The summed E-state index contributed by atoms with van der Waals surface area (Å²) in [5.74, 6) is 0. The second-order valence-electron chi connectivity index (χ2n) is 4.54. The van der Waals surface area contributed by atoms with E-state index in [1.807, 2.05) is 30.3 Å². The van der Waals surface area contributed by atoms with Gasteiger partial charge in [-0.1, -0.05) is 48.6 Å². The molecule has 0 spiro atoms. The van der Waals surface area contributed by atoms with Crippen molar-refractivity contribution >= 4 is 23.1 Å². The van der Waals surface area contributed by atoms with Gasteiger partial charge in [-0.05, 0) is 29.3 Å². The third-order valence-electron chi connectivity index (χ3n) is 3.14. The van der Waals surface area contributed by atoms with Gasteiger partial charge in [-0.25, -0.2) is 0 Å². The molecule has 3 rings (SSSR count). The van der Waals surface area contributed by atoms with Crippen LogP contribution in [-0.2, 0) is 6.61 Å². The van der Waals surface area contributed by atoms with Crippen LogP contribution in [0.25, 0.3) is 23.1 Å². The van der Waals surface area contributed by atoms with Crippen LogP contribution in [0, 0.1) is 0 Å². The van der Waals surface area contributed by atoms with E-state index in [0.717, 1.165) is 22.2 Å². The quantitative estimate of drug-likeness (QED) is 0.680. The van der Waals surface area contributed by atoms with Gasteiger partial charge in [0.2, 0.25) is 0 Å². The molecule has 0 atom stereocenters. The third kappa shape index (κ3) is 2.59. The van der Waals surface area contributed by atoms with Crippen LogP contribution in [0.5, 0.6) is 0 Å². The second-order valence-corrected chi connectivity index (χ2v) is 4.54. The minimum atomic E-state index is 0.0455. The number of fused-ring (bicyclic) bond motifs is 1. The molecule has 0 unspecified atom stereocenters. The van der Waals surface area contributed by atoms with E-state index in [1.165, 1.54) is 5.56 Å². The predicted molar refractivity (Wildman–Crippen MR) is 79.6 cm³/mol. The van der Waals surface area contributed by atoms with Gasteiger partial charge in [0, 0.05) is 16.6 Å². The average Bonchev–Trinajstić information content (AvgIpc) is 2.88. The molecule has 0 aliphatic carbocycles. The van der Waals surface area contributed by atoms with Crippen molar-refractivity contribution in [1.82, 2.24) is 4.98 Å². The van der Waals surface area contributed by atoms with Gasteiger partial charge in [-0.2, -0.15) is 0 Å². The lowest BCUT2D eigenvalue weighted by molar-refractivity contribution is 0.278. The number of rotatable bonds is 3. The maximum absolute atomic E-state index is 9.11. The Balaban J connectivity index is 1.91. The van der Waals surface area contributed by atoms with Crippen molar-refractivity contribution in [2.24, 2.45) is 0 Å². The molecule has 2 aromatic carbocycles. The molecule has 2 heteroatoms. The lowest BCUT2D eigenvalue weighted by Gasteiger charge is -1.95. The summed E-state index contributed by atoms with van der Waals surface area (Å²) in [5, 5.41) is 10.2. The van der Waals surface area contributed by atoms with Gasteiger partial charge >= 0.3 is 0 Å². The van der Waals surface area contributed by atoms with Crippen LogP contribution in [0.3, 0.4) is 0 Å². The lowest BCUT2D eigenvalue weighted by Crippen LogP contribution is -1.78. The number of H-pyrrole nitrogens is 1. The first-order valence-corrected chi connectivity index (χ1v) is 6.31. The third-order valence-corrected chi connectivity index (χ3v) is 3.14. The molecule has 0 aliphatic heterocycles. The van der Waals surface area contributed by atoms with Crippen molar-refractivity contribution in [2.75, 3.05) is 0 Å². The Hall–Kier alpha value is -2.32. The second kappa shape index (κ2) is 5.12. The smallest absolute Gasteiger partial charge is 0.0831 e. The predicted octanol–water partition coefficient (Wildman–Crippen LogP) is 3.83. The largest absolute Gasteiger partial charge is 0.390 e. The number of aliphatic hydroxyl groups excluding tert-OH is 1. The summed E-state index contributed by atoms with van der Waals surface area (Å²) in [4.78, 5) is 3.17. The number of aromatic amines is 1. The molecule has 3 aromatic rings. The van der Waals surface area contributed by atoms with E-state index in [9.17, 15) is 0 Å². The molecule has 0 amide bonds. The van der Waals surface area contributed by atoms with Crippen molar-refractivity contribution in [3.63, 3.8) is 0 Å². The molecule has 1 heterocycles. The summed E-state index contributed by atoms with van der Waals surface area (Å²) in [6.07, 6.45) is 4.20. The number of nitrogens with one attached hydrogen (secondary N) is 1. The van der Waals surface area contributed by atoms with Crippen LogP contribution in [0.4, 0.5) is 0 Å². The fourth-order valence-electron chi connectivity index (χ4n) is 2.16. The fourth-order valence-corrected chi connectivity index (χ4v) is 2.16. The molecule has 94 valence electrons. The standard InChI is InChI=1S/C17H15NO/c19-12-16-11-15-10-14(8-9-17(15)18-16)7-6-13-4-2-1-3-5-13/h1-11,18-19H,12H2/b7-6+. The van der Waals surface area contributed by atoms with Gasteiger partial charge in [-0.3, -0.25) is 0 Å². The first-order chi connectivity index (χ1) is 9.35. The molecular formula is C17H15NO. The number of benzene rings is 2. The Morgan fingerprint density at radius 3 is 2.47 bits per heavy atom. The van der Waals surface area contributed by atoms with Crippen molar-refractivity contribution in [1.29, 1.82) is 0 Å². The Morgan fingerprint density at radius 2 is 1.68 bits per heavy atom. The van der Waals surface area contributed by atoms with Gasteiger partial charge in [0.25, 0.3) is 0 Å². The Labute approximate surface area is 112 Å². The van der Waals surface area contributed by atoms with E-state index in [-0.39, 0.29) is 6.61 Å². The zero-order chi connectivity index (χ0) is 13.1. The Bertz CT molecular complexity index is 710. The molecule has 0 bridgehead atoms. The number of aliphatic hydroxyl groups is 1. The van der Waals surface area contributed by atoms with Crippen LogP contribution in [0.1, 0.15) is 16.8 Å². The van der Waals surface area contributed by atoms with E-state index in [1.54, 1.807) is 0 Å². The van der Waals surface area contributed by atoms with E-state index in [0.29, 0.717) is 0 Å². The van der Waals surface area contributed by atoms with Crippen LogP contribution < -0.4 is 0 Å².